The van der Waals surface area contributed by atoms with Crippen LogP contribution in [0.2, 0.25) is 5.02 Å². The van der Waals surface area contributed by atoms with Gasteiger partial charge >= 0.3 is 25.4 Å². The number of aromatic nitrogens is 2. The Morgan fingerprint density at radius 2 is 1.85 bits per heavy atom. The molecular formula is C34H35ClF7N9O3. The Hall–Kier alpha value is -5.20. The van der Waals surface area contributed by atoms with E-state index in [-0.39, 0.29) is 40.1 Å². The lowest BCUT2D eigenvalue weighted by Gasteiger charge is -2.35. The molecule has 1 saturated carbocycles. The van der Waals surface area contributed by atoms with Crippen LogP contribution in [0, 0.1) is 11.3 Å². The summed E-state index contributed by atoms with van der Waals surface area (Å²) in [6.45, 7) is 1.92. The van der Waals surface area contributed by atoms with Gasteiger partial charge in [-0.05, 0) is 53.8 Å². The second kappa shape index (κ2) is 15.3. The SMILES string of the molecule is C=N/C=N\N(c1cc([C@@H](COC(=O)N[C@@H]2C[C@H]2C(F)(F)F)N2C(=O)[C@@](CC(C)(C)C)(c3ccc(-c4cnn(C(F)F)c4)cc3)N=C2N)ccc1Cl)C(F)F. The number of halogens is 8. The monoisotopic (exact) mass is 785 g/mol. The number of aliphatic imine (C=N–C) groups is 2. The summed E-state index contributed by atoms with van der Waals surface area (Å²) in [5.74, 6) is -2.81. The molecule has 54 heavy (non-hydrogen) atoms. The van der Waals surface area contributed by atoms with Crippen LogP contribution in [0.1, 0.15) is 57.3 Å². The first-order valence-corrected chi connectivity index (χ1v) is 16.6. The standard InChI is InChI=1S/C34H35ClF7N9O3/c1-32(2,3)16-33(21-8-5-18(6-9-21)20-13-45-49(14-20)28(36)37)27(52)50(30(43)48-33)26(15-54-31(53)47-24-12-22(24)34(40,41)42)19-7-10-23(35)25(11-19)51(29(38)39)46-17-44-4/h5-11,13-14,17,22,24,26,28-29H,4,12,15-16H2,1-3H3,(H2,43,48)(H,47,53)/b46-17-/t22-,24-,26-,33-/m1/s1. The first-order chi connectivity index (χ1) is 25.3. The fraction of sp³-hybridized carbons (Fsp3) is 0.412. The first kappa shape index (κ1) is 40.0. The molecule has 1 aliphatic heterocycles. The first-order valence-electron chi connectivity index (χ1n) is 16.2. The van der Waals surface area contributed by atoms with Gasteiger partial charge < -0.3 is 15.8 Å². The van der Waals surface area contributed by atoms with Crippen molar-refractivity contribution in [2.75, 3.05) is 11.6 Å². The predicted octanol–water partition coefficient (Wildman–Crippen LogP) is 7.48. The highest BCUT2D eigenvalue weighted by Gasteiger charge is 2.57. The van der Waals surface area contributed by atoms with Crippen LogP contribution >= 0.6 is 11.6 Å². The zero-order chi connectivity index (χ0) is 39.7. The molecule has 0 radical (unpaired) electrons. The number of ether oxygens (including phenoxy) is 1. The lowest BCUT2D eigenvalue weighted by Crippen LogP contribution is -2.47. The van der Waals surface area contributed by atoms with E-state index in [9.17, 15) is 40.3 Å². The summed E-state index contributed by atoms with van der Waals surface area (Å²) in [5, 5.41) is 9.41. The Labute approximate surface area is 309 Å². The van der Waals surface area contributed by atoms with Crippen LogP contribution in [0.4, 0.5) is 41.2 Å². The normalized spacial score (nSPS) is 20.8. The molecule has 2 heterocycles. The number of amides is 2. The van der Waals surface area contributed by atoms with Crippen LogP contribution in [-0.2, 0) is 15.1 Å². The second-order valence-electron chi connectivity index (χ2n) is 13.8. The van der Waals surface area contributed by atoms with Crippen LogP contribution in [0.25, 0.3) is 11.1 Å². The van der Waals surface area contributed by atoms with Crippen LogP contribution in [0.15, 0.2) is 69.9 Å². The number of benzene rings is 2. The Morgan fingerprint density at radius 3 is 2.41 bits per heavy atom. The summed E-state index contributed by atoms with van der Waals surface area (Å²) >= 11 is 6.30. The number of carbonyl (C=O) groups is 2. The van der Waals surface area contributed by atoms with Crippen molar-refractivity contribution < 1.29 is 45.1 Å². The largest absolute Gasteiger partial charge is 0.447 e. The lowest BCUT2D eigenvalue weighted by atomic mass is 9.75. The number of hydrogen-bond donors (Lipinski definition) is 2. The maximum atomic E-state index is 14.8. The highest BCUT2D eigenvalue weighted by atomic mass is 35.5. The zero-order valence-corrected chi connectivity index (χ0v) is 29.7. The Balaban J connectivity index is 1.55. The van der Waals surface area contributed by atoms with E-state index in [0.717, 1.165) is 23.5 Å². The second-order valence-corrected chi connectivity index (χ2v) is 14.2. The van der Waals surface area contributed by atoms with E-state index >= 15 is 0 Å². The number of rotatable bonds is 13. The highest BCUT2D eigenvalue weighted by Crippen LogP contribution is 2.47. The molecular weight excluding hydrogens is 751 g/mol. The minimum atomic E-state index is -4.53. The number of guanidine groups is 1. The average molecular weight is 786 g/mol. The number of carbonyl (C=O) groups excluding carboxylic acids is 2. The number of hydrogen-bond acceptors (Lipinski definition) is 8. The average Bonchev–Trinajstić information content (AvgIpc) is 3.60. The number of hydrazone groups is 1. The molecule has 3 aromatic rings. The van der Waals surface area contributed by atoms with E-state index in [4.69, 9.17) is 22.1 Å². The highest BCUT2D eigenvalue weighted by molar-refractivity contribution is 6.33. The van der Waals surface area contributed by atoms with Crippen molar-refractivity contribution in [3.8, 4) is 11.1 Å². The van der Waals surface area contributed by atoms with Gasteiger partial charge in [0.1, 0.15) is 12.9 Å². The Kier molecular flexibility index (Phi) is 11.3. The van der Waals surface area contributed by atoms with Gasteiger partial charge in [-0.25, -0.2) is 19.5 Å². The van der Waals surface area contributed by atoms with Crippen molar-refractivity contribution >= 4 is 48.3 Å². The Morgan fingerprint density at radius 1 is 1.17 bits per heavy atom. The summed E-state index contributed by atoms with van der Waals surface area (Å²) in [6.07, 6.45) is -2.87. The topological polar surface area (TPSA) is 143 Å². The summed E-state index contributed by atoms with van der Waals surface area (Å²) in [5.41, 5.74) is 5.14. The molecule has 1 fully saturated rings. The van der Waals surface area contributed by atoms with Gasteiger partial charge in [-0.2, -0.15) is 40.9 Å². The third-order valence-electron chi connectivity index (χ3n) is 8.65. The van der Waals surface area contributed by atoms with Crippen LogP contribution < -0.4 is 16.1 Å². The summed E-state index contributed by atoms with van der Waals surface area (Å²) in [4.78, 5) is 36.6. The fourth-order valence-electron chi connectivity index (χ4n) is 6.21. The molecule has 5 rings (SSSR count). The van der Waals surface area contributed by atoms with Crippen molar-refractivity contribution in [2.24, 2.45) is 32.2 Å². The number of anilines is 1. The van der Waals surface area contributed by atoms with Crippen molar-refractivity contribution in [3.63, 3.8) is 0 Å². The van der Waals surface area contributed by atoms with E-state index in [2.05, 4.69) is 32.2 Å². The molecule has 2 amide bonds. The smallest absolute Gasteiger partial charge is 0.407 e. The maximum absolute atomic E-state index is 14.8. The molecule has 0 spiro atoms. The van der Waals surface area contributed by atoms with Gasteiger partial charge in [0.15, 0.2) is 11.5 Å². The number of alkyl carbamates (subject to hydrolysis) is 1. The molecule has 1 aromatic heterocycles. The van der Waals surface area contributed by atoms with Gasteiger partial charge in [-0.1, -0.05) is 62.7 Å². The summed E-state index contributed by atoms with van der Waals surface area (Å²) < 4.78 is 99.8. The number of alkyl halides is 7. The predicted molar refractivity (Wildman–Crippen MR) is 186 cm³/mol. The number of nitrogens with one attached hydrogen (secondary N) is 1. The quantitative estimate of drug-likeness (QED) is 0.0605. The van der Waals surface area contributed by atoms with E-state index in [0.29, 0.717) is 21.4 Å². The number of nitrogens with zero attached hydrogens (tertiary/aromatic N) is 7. The van der Waals surface area contributed by atoms with Gasteiger partial charge in [-0.3, -0.25) is 14.7 Å². The van der Waals surface area contributed by atoms with E-state index in [1.807, 2.05) is 20.8 Å². The molecule has 0 bridgehead atoms. The van der Waals surface area contributed by atoms with Crippen LogP contribution in [0.5, 0.6) is 0 Å². The van der Waals surface area contributed by atoms with Crippen molar-refractivity contribution in [2.45, 2.75) is 70.5 Å². The molecule has 2 aromatic carbocycles. The molecule has 0 unspecified atom stereocenters. The van der Waals surface area contributed by atoms with Gasteiger partial charge in [0.2, 0.25) is 0 Å². The lowest BCUT2D eigenvalue weighted by molar-refractivity contribution is -0.149. The molecule has 20 heteroatoms. The molecule has 4 atom stereocenters. The fourth-order valence-corrected chi connectivity index (χ4v) is 6.42. The molecule has 2 aliphatic rings. The minimum absolute atomic E-state index is 0.0543. The van der Waals surface area contributed by atoms with E-state index in [1.54, 1.807) is 24.3 Å². The van der Waals surface area contributed by atoms with Gasteiger partial charge in [0, 0.05) is 17.8 Å². The van der Waals surface area contributed by atoms with Gasteiger partial charge in [0.25, 0.3) is 5.91 Å². The molecule has 290 valence electrons. The van der Waals surface area contributed by atoms with Crippen molar-refractivity contribution in [3.05, 3.63) is 71.0 Å². The third kappa shape index (κ3) is 8.61. The van der Waals surface area contributed by atoms with Gasteiger partial charge in [-0.15, -0.1) is 0 Å². The molecule has 3 N–H and O–H groups in total. The third-order valence-corrected chi connectivity index (χ3v) is 8.97. The zero-order valence-electron chi connectivity index (χ0n) is 28.9. The molecule has 0 saturated heterocycles. The molecule has 12 nitrogen and oxygen atoms in total. The van der Waals surface area contributed by atoms with Gasteiger partial charge in [0.05, 0.1) is 28.9 Å². The summed E-state index contributed by atoms with van der Waals surface area (Å²) in [6, 6.07) is 7.48. The van der Waals surface area contributed by atoms with Crippen molar-refractivity contribution in [1.82, 2.24) is 20.0 Å². The number of nitrogens with two attached hydrogens (primary N) is 1. The molecule has 1 aliphatic carbocycles. The van der Waals surface area contributed by atoms with E-state index < -0.39 is 66.8 Å². The summed E-state index contributed by atoms with van der Waals surface area (Å²) in [7, 11) is 0. The van der Waals surface area contributed by atoms with Crippen LogP contribution in [-0.4, -0.2) is 71.1 Å². The van der Waals surface area contributed by atoms with E-state index in [1.165, 1.54) is 18.3 Å². The van der Waals surface area contributed by atoms with Crippen molar-refractivity contribution in [1.29, 1.82) is 0 Å². The maximum Gasteiger partial charge on any atom is 0.407 e. The Bertz CT molecular complexity index is 1930. The van der Waals surface area contributed by atoms with Crippen LogP contribution in [0.3, 0.4) is 0 Å². The minimum Gasteiger partial charge on any atom is -0.447 e.